The fourth-order valence-corrected chi connectivity index (χ4v) is 2.07. The van der Waals surface area contributed by atoms with Crippen molar-refractivity contribution in [2.24, 2.45) is 5.92 Å². The third-order valence-corrected chi connectivity index (χ3v) is 3.00. The first-order valence-electron chi connectivity index (χ1n) is 7.08. The Bertz CT molecular complexity index is 559. The molecule has 5 heteroatoms. The molecule has 2 aromatic heterocycles. The predicted molar refractivity (Wildman–Crippen MR) is 79.4 cm³/mol. The smallest absolute Gasteiger partial charge is 0.147 e. The lowest BCUT2D eigenvalue weighted by atomic mass is 10.2. The standard InChI is InChI=1S/C15H23N5/c1-11(2)8-16-9-14-6-5-7-15(18-14)10-20-13(4)17-12(3)19-20/h5-7,11,16H,8-10H2,1-4H3. The molecule has 1 N–H and O–H groups in total. The number of hydrogen-bond donors (Lipinski definition) is 1. The van der Waals surface area contributed by atoms with Gasteiger partial charge in [-0.15, -0.1) is 0 Å². The van der Waals surface area contributed by atoms with Crippen molar-refractivity contribution in [2.75, 3.05) is 6.54 Å². The molecule has 0 bridgehead atoms. The van der Waals surface area contributed by atoms with Gasteiger partial charge in [0.05, 0.1) is 17.9 Å². The highest BCUT2D eigenvalue weighted by molar-refractivity contribution is 5.12. The Kier molecular flexibility index (Phi) is 4.84. The SMILES string of the molecule is Cc1nc(C)n(Cc2cccc(CNCC(C)C)n2)n1. The lowest BCUT2D eigenvalue weighted by Crippen LogP contribution is -2.20. The van der Waals surface area contributed by atoms with Crippen molar-refractivity contribution in [2.45, 2.75) is 40.8 Å². The van der Waals surface area contributed by atoms with Gasteiger partial charge in [-0.05, 0) is 38.4 Å². The molecule has 108 valence electrons. The second-order valence-corrected chi connectivity index (χ2v) is 5.51. The summed E-state index contributed by atoms with van der Waals surface area (Å²) in [5, 5.41) is 7.78. The van der Waals surface area contributed by atoms with Gasteiger partial charge in [-0.25, -0.2) is 9.67 Å². The quantitative estimate of drug-likeness (QED) is 0.875. The Morgan fingerprint density at radius 1 is 1.15 bits per heavy atom. The number of hydrogen-bond acceptors (Lipinski definition) is 4. The first kappa shape index (κ1) is 14.7. The summed E-state index contributed by atoms with van der Waals surface area (Å²) in [7, 11) is 0. The summed E-state index contributed by atoms with van der Waals surface area (Å²) in [4.78, 5) is 8.97. The largest absolute Gasteiger partial charge is 0.311 e. The summed E-state index contributed by atoms with van der Waals surface area (Å²) >= 11 is 0. The molecule has 0 unspecified atom stereocenters. The zero-order chi connectivity index (χ0) is 14.5. The lowest BCUT2D eigenvalue weighted by Gasteiger charge is -2.08. The van der Waals surface area contributed by atoms with E-state index in [1.165, 1.54) is 0 Å². The molecule has 0 radical (unpaired) electrons. The van der Waals surface area contributed by atoms with Gasteiger partial charge in [0, 0.05) is 6.54 Å². The number of rotatable bonds is 6. The van der Waals surface area contributed by atoms with Crippen LogP contribution in [0.15, 0.2) is 18.2 Å². The van der Waals surface area contributed by atoms with Crippen molar-refractivity contribution in [3.05, 3.63) is 41.2 Å². The van der Waals surface area contributed by atoms with Gasteiger partial charge in [0.25, 0.3) is 0 Å². The van der Waals surface area contributed by atoms with Crippen LogP contribution in [0, 0.1) is 19.8 Å². The van der Waals surface area contributed by atoms with Gasteiger partial charge in [0.1, 0.15) is 11.6 Å². The van der Waals surface area contributed by atoms with Crippen LogP contribution in [0.4, 0.5) is 0 Å². The highest BCUT2D eigenvalue weighted by Gasteiger charge is 2.05. The summed E-state index contributed by atoms with van der Waals surface area (Å²) in [5.41, 5.74) is 2.08. The van der Waals surface area contributed by atoms with Crippen LogP contribution in [0.3, 0.4) is 0 Å². The van der Waals surface area contributed by atoms with Crippen molar-refractivity contribution >= 4 is 0 Å². The topological polar surface area (TPSA) is 55.6 Å². The summed E-state index contributed by atoms with van der Waals surface area (Å²) < 4.78 is 1.89. The Balaban J connectivity index is 2.00. The second-order valence-electron chi connectivity index (χ2n) is 5.51. The maximum atomic E-state index is 4.66. The molecule has 0 atom stereocenters. The molecule has 2 aromatic rings. The number of pyridine rings is 1. The van der Waals surface area contributed by atoms with Crippen molar-refractivity contribution < 1.29 is 0 Å². The van der Waals surface area contributed by atoms with Gasteiger partial charge >= 0.3 is 0 Å². The molecule has 0 amide bonds. The molecular weight excluding hydrogens is 250 g/mol. The summed E-state index contributed by atoms with van der Waals surface area (Å²) in [6, 6.07) is 6.13. The minimum Gasteiger partial charge on any atom is -0.311 e. The van der Waals surface area contributed by atoms with Gasteiger partial charge < -0.3 is 5.32 Å². The van der Waals surface area contributed by atoms with E-state index in [1.54, 1.807) is 0 Å². The van der Waals surface area contributed by atoms with E-state index in [1.807, 2.05) is 30.7 Å². The molecule has 0 aromatic carbocycles. The van der Waals surface area contributed by atoms with Gasteiger partial charge in [0.15, 0.2) is 0 Å². The van der Waals surface area contributed by atoms with Crippen LogP contribution in [0.1, 0.15) is 36.9 Å². The number of nitrogens with one attached hydrogen (secondary N) is 1. The Morgan fingerprint density at radius 3 is 2.55 bits per heavy atom. The van der Waals surface area contributed by atoms with Crippen molar-refractivity contribution in [1.29, 1.82) is 0 Å². The van der Waals surface area contributed by atoms with Crippen LogP contribution in [0.25, 0.3) is 0 Å². The fourth-order valence-electron chi connectivity index (χ4n) is 2.07. The first-order valence-corrected chi connectivity index (χ1v) is 7.08. The maximum absolute atomic E-state index is 4.66. The molecule has 2 rings (SSSR count). The molecule has 5 nitrogen and oxygen atoms in total. The third kappa shape index (κ3) is 4.13. The van der Waals surface area contributed by atoms with Crippen LogP contribution in [0.5, 0.6) is 0 Å². The molecule has 2 heterocycles. The number of aryl methyl sites for hydroxylation is 2. The molecular formula is C15H23N5. The first-order chi connectivity index (χ1) is 9.54. The average Bonchev–Trinajstić information content (AvgIpc) is 2.68. The van der Waals surface area contributed by atoms with E-state index in [0.29, 0.717) is 12.5 Å². The summed E-state index contributed by atoms with van der Waals surface area (Å²) in [6.45, 7) is 10.8. The zero-order valence-corrected chi connectivity index (χ0v) is 12.7. The Labute approximate surface area is 120 Å². The van der Waals surface area contributed by atoms with Gasteiger partial charge in [-0.1, -0.05) is 19.9 Å². The maximum Gasteiger partial charge on any atom is 0.147 e. The fraction of sp³-hybridized carbons (Fsp3) is 0.533. The average molecular weight is 273 g/mol. The highest BCUT2D eigenvalue weighted by atomic mass is 15.3. The van der Waals surface area contributed by atoms with Crippen LogP contribution >= 0.6 is 0 Å². The molecule has 0 spiro atoms. The number of aromatic nitrogens is 4. The van der Waals surface area contributed by atoms with Gasteiger partial charge in [0.2, 0.25) is 0 Å². The van der Waals surface area contributed by atoms with E-state index in [0.717, 1.165) is 36.1 Å². The summed E-state index contributed by atoms with van der Waals surface area (Å²) in [5.74, 6) is 2.38. The normalized spacial score (nSPS) is 11.2. The molecule has 20 heavy (non-hydrogen) atoms. The molecule has 0 aliphatic carbocycles. The van der Waals surface area contributed by atoms with E-state index in [-0.39, 0.29) is 0 Å². The number of nitrogens with zero attached hydrogens (tertiary/aromatic N) is 4. The van der Waals surface area contributed by atoms with E-state index < -0.39 is 0 Å². The zero-order valence-electron chi connectivity index (χ0n) is 12.7. The molecule has 0 fully saturated rings. The molecule has 0 aliphatic heterocycles. The van der Waals surface area contributed by atoms with Crippen LogP contribution < -0.4 is 5.32 Å². The molecule has 0 saturated heterocycles. The minimum atomic E-state index is 0.652. The van der Waals surface area contributed by atoms with E-state index in [9.17, 15) is 0 Å². The Hall–Kier alpha value is -1.75. The van der Waals surface area contributed by atoms with E-state index in [2.05, 4.69) is 40.3 Å². The second kappa shape index (κ2) is 6.61. The predicted octanol–water partition coefficient (Wildman–Crippen LogP) is 2.08. The van der Waals surface area contributed by atoms with Crippen LogP contribution in [-0.4, -0.2) is 26.3 Å². The molecule has 0 aliphatic rings. The summed E-state index contributed by atoms with van der Waals surface area (Å²) in [6.07, 6.45) is 0. The third-order valence-electron chi connectivity index (χ3n) is 3.00. The van der Waals surface area contributed by atoms with Crippen LogP contribution in [0.2, 0.25) is 0 Å². The van der Waals surface area contributed by atoms with Gasteiger partial charge in [-0.2, -0.15) is 5.10 Å². The van der Waals surface area contributed by atoms with E-state index >= 15 is 0 Å². The monoisotopic (exact) mass is 273 g/mol. The van der Waals surface area contributed by atoms with Crippen LogP contribution in [-0.2, 0) is 13.1 Å². The highest BCUT2D eigenvalue weighted by Crippen LogP contribution is 2.04. The molecule has 0 saturated carbocycles. The van der Waals surface area contributed by atoms with Crippen molar-refractivity contribution in [1.82, 2.24) is 25.1 Å². The van der Waals surface area contributed by atoms with Gasteiger partial charge in [-0.3, -0.25) is 4.98 Å². The van der Waals surface area contributed by atoms with E-state index in [4.69, 9.17) is 0 Å². The van der Waals surface area contributed by atoms with Crippen molar-refractivity contribution in [3.8, 4) is 0 Å². The minimum absolute atomic E-state index is 0.652. The Morgan fingerprint density at radius 2 is 1.90 bits per heavy atom. The lowest BCUT2D eigenvalue weighted by molar-refractivity contribution is 0.546. The van der Waals surface area contributed by atoms with Crippen molar-refractivity contribution in [3.63, 3.8) is 0 Å².